The van der Waals surface area contributed by atoms with E-state index >= 15 is 0 Å². The van der Waals surface area contributed by atoms with Crippen molar-refractivity contribution in [2.24, 2.45) is 5.92 Å². The van der Waals surface area contributed by atoms with Crippen LogP contribution in [0.15, 0.2) is 0 Å². The van der Waals surface area contributed by atoms with Gasteiger partial charge in [0.1, 0.15) is 0 Å². The molecule has 0 bridgehead atoms. The Kier molecular flexibility index (Phi) is 4.00. The molecule has 1 nitrogen and oxygen atoms in total. The van der Waals surface area contributed by atoms with Crippen molar-refractivity contribution in [3.05, 3.63) is 0 Å². The van der Waals surface area contributed by atoms with Crippen LogP contribution in [0.4, 0.5) is 0 Å². The van der Waals surface area contributed by atoms with E-state index in [1.807, 2.05) is 0 Å². The van der Waals surface area contributed by atoms with Crippen molar-refractivity contribution in [2.45, 2.75) is 62.7 Å². The molecule has 1 N–H and O–H groups in total. The molecule has 2 heteroatoms. The van der Waals surface area contributed by atoms with Crippen LogP contribution < -0.4 is 5.32 Å². The number of hydrogen-bond acceptors (Lipinski definition) is 2. The molecule has 2 unspecified atom stereocenters. The fourth-order valence-electron chi connectivity index (χ4n) is 2.87. The van der Waals surface area contributed by atoms with Crippen LogP contribution >= 0.6 is 11.8 Å². The molecule has 0 aromatic rings. The van der Waals surface area contributed by atoms with E-state index in [9.17, 15) is 0 Å². The predicted octanol–water partition coefficient (Wildman–Crippen LogP) is 3.44. The Labute approximate surface area is 98.8 Å². The van der Waals surface area contributed by atoms with Gasteiger partial charge in [-0.05, 0) is 37.9 Å². The average Bonchev–Trinajstić information content (AvgIpc) is 3.07. The van der Waals surface area contributed by atoms with Gasteiger partial charge in [0, 0.05) is 17.3 Å². The molecule has 15 heavy (non-hydrogen) atoms. The number of thioether (sulfide) groups is 1. The quantitative estimate of drug-likeness (QED) is 0.772. The molecule has 0 saturated heterocycles. The van der Waals surface area contributed by atoms with Gasteiger partial charge in [0.15, 0.2) is 0 Å². The zero-order valence-corrected chi connectivity index (χ0v) is 11.0. The molecule has 0 heterocycles. The van der Waals surface area contributed by atoms with Gasteiger partial charge >= 0.3 is 0 Å². The first-order valence-electron chi connectivity index (χ1n) is 6.58. The van der Waals surface area contributed by atoms with Crippen molar-refractivity contribution in [1.29, 1.82) is 0 Å². The van der Waals surface area contributed by atoms with Crippen molar-refractivity contribution >= 4 is 11.8 Å². The highest BCUT2D eigenvalue weighted by atomic mass is 32.2. The fraction of sp³-hybridized carbons (Fsp3) is 1.00. The minimum absolute atomic E-state index is 0.635. The van der Waals surface area contributed by atoms with Crippen molar-refractivity contribution < 1.29 is 0 Å². The Hall–Kier alpha value is 0.310. The lowest BCUT2D eigenvalue weighted by Gasteiger charge is -2.32. The molecule has 0 amide bonds. The van der Waals surface area contributed by atoms with E-state index in [1.165, 1.54) is 51.5 Å². The van der Waals surface area contributed by atoms with Gasteiger partial charge in [0.05, 0.1) is 0 Å². The second-order valence-corrected chi connectivity index (χ2v) is 6.60. The van der Waals surface area contributed by atoms with Crippen LogP contribution in [0.1, 0.15) is 51.9 Å². The fourth-order valence-corrected chi connectivity index (χ4v) is 3.61. The third kappa shape index (κ3) is 2.91. The molecule has 0 aliphatic heterocycles. The Balaban J connectivity index is 1.77. The second-order valence-electron chi connectivity index (χ2n) is 5.33. The number of nitrogens with one attached hydrogen (secondary N) is 1. The van der Waals surface area contributed by atoms with Gasteiger partial charge < -0.3 is 5.32 Å². The van der Waals surface area contributed by atoms with Crippen molar-refractivity contribution in [1.82, 2.24) is 5.32 Å². The molecule has 0 spiro atoms. The summed E-state index contributed by atoms with van der Waals surface area (Å²) in [5, 5.41) is 3.86. The minimum Gasteiger partial charge on any atom is -0.312 e. The lowest BCUT2D eigenvalue weighted by Crippen LogP contribution is -2.41. The SMILES string of the molecule is CCC1CCCCC1NCC1(SC)CC1. The molecular formula is C13H25NS. The van der Waals surface area contributed by atoms with Gasteiger partial charge in [0.25, 0.3) is 0 Å². The smallest absolute Gasteiger partial charge is 0.0282 e. The van der Waals surface area contributed by atoms with Gasteiger partial charge in [-0.25, -0.2) is 0 Å². The topological polar surface area (TPSA) is 12.0 Å². The van der Waals surface area contributed by atoms with Gasteiger partial charge in [-0.3, -0.25) is 0 Å². The van der Waals surface area contributed by atoms with E-state index in [0.717, 1.165) is 12.0 Å². The Morgan fingerprint density at radius 1 is 1.27 bits per heavy atom. The summed E-state index contributed by atoms with van der Waals surface area (Å²) in [6.07, 6.45) is 12.3. The van der Waals surface area contributed by atoms with E-state index in [-0.39, 0.29) is 0 Å². The Bertz CT molecular complexity index is 201. The summed E-state index contributed by atoms with van der Waals surface area (Å²) in [6.45, 7) is 3.61. The van der Waals surface area contributed by atoms with Gasteiger partial charge in [-0.1, -0.05) is 26.2 Å². The summed E-state index contributed by atoms with van der Waals surface area (Å²) in [5.74, 6) is 0.955. The normalized spacial score (nSPS) is 34.0. The van der Waals surface area contributed by atoms with Gasteiger partial charge in [-0.15, -0.1) is 0 Å². The molecule has 2 fully saturated rings. The Morgan fingerprint density at radius 2 is 2.00 bits per heavy atom. The van der Waals surface area contributed by atoms with E-state index in [1.54, 1.807) is 0 Å². The van der Waals surface area contributed by atoms with E-state index in [2.05, 4.69) is 30.3 Å². The summed E-state index contributed by atoms with van der Waals surface area (Å²) in [6, 6.07) is 0.827. The van der Waals surface area contributed by atoms with Crippen molar-refractivity contribution in [3.63, 3.8) is 0 Å². The maximum atomic E-state index is 3.86. The molecular weight excluding hydrogens is 202 g/mol. The van der Waals surface area contributed by atoms with Crippen LogP contribution in [0.5, 0.6) is 0 Å². The molecule has 0 aromatic heterocycles. The molecule has 88 valence electrons. The monoisotopic (exact) mass is 227 g/mol. The molecule has 2 aliphatic carbocycles. The van der Waals surface area contributed by atoms with E-state index in [0.29, 0.717) is 4.75 Å². The first-order chi connectivity index (χ1) is 7.29. The summed E-state index contributed by atoms with van der Waals surface area (Å²) in [4.78, 5) is 0. The van der Waals surface area contributed by atoms with Crippen LogP contribution in [0.2, 0.25) is 0 Å². The largest absolute Gasteiger partial charge is 0.312 e. The standard InChI is InChI=1S/C13H25NS/c1-3-11-6-4-5-7-12(11)14-10-13(15-2)8-9-13/h11-12,14H,3-10H2,1-2H3. The highest BCUT2D eigenvalue weighted by molar-refractivity contribution is 8.00. The highest BCUT2D eigenvalue weighted by Gasteiger charge is 2.42. The number of rotatable bonds is 5. The first kappa shape index (κ1) is 11.8. The zero-order valence-electron chi connectivity index (χ0n) is 10.2. The summed E-state index contributed by atoms with van der Waals surface area (Å²) in [5.41, 5.74) is 0. The lowest BCUT2D eigenvalue weighted by molar-refractivity contribution is 0.255. The highest BCUT2D eigenvalue weighted by Crippen LogP contribution is 2.46. The summed E-state index contributed by atoms with van der Waals surface area (Å²) in [7, 11) is 0. The third-order valence-corrected chi connectivity index (χ3v) is 5.78. The maximum absolute atomic E-state index is 3.86. The summed E-state index contributed by atoms with van der Waals surface area (Å²) < 4.78 is 0.635. The zero-order chi connectivity index (χ0) is 10.7. The van der Waals surface area contributed by atoms with Crippen molar-refractivity contribution in [3.8, 4) is 0 Å². The van der Waals surface area contributed by atoms with Crippen LogP contribution in [0.3, 0.4) is 0 Å². The van der Waals surface area contributed by atoms with E-state index in [4.69, 9.17) is 0 Å². The number of hydrogen-bond donors (Lipinski definition) is 1. The maximum Gasteiger partial charge on any atom is 0.0282 e. The van der Waals surface area contributed by atoms with Crippen LogP contribution in [-0.2, 0) is 0 Å². The first-order valence-corrected chi connectivity index (χ1v) is 7.81. The molecule has 0 aromatic carbocycles. The van der Waals surface area contributed by atoms with Gasteiger partial charge in [0.2, 0.25) is 0 Å². The third-order valence-electron chi connectivity index (χ3n) is 4.36. The van der Waals surface area contributed by atoms with Crippen molar-refractivity contribution in [2.75, 3.05) is 12.8 Å². The Morgan fingerprint density at radius 3 is 2.60 bits per heavy atom. The molecule has 2 atom stereocenters. The summed E-state index contributed by atoms with van der Waals surface area (Å²) >= 11 is 2.07. The lowest BCUT2D eigenvalue weighted by atomic mass is 9.83. The van der Waals surface area contributed by atoms with E-state index < -0.39 is 0 Å². The second kappa shape index (κ2) is 5.09. The molecule has 2 aliphatic rings. The molecule has 2 saturated carbocycles. The minimum atomic E-state index is 0.635. The van der Waals surface area contributed by atoms with Gasteiger partial charge in [-0.2, -0.15) is 11.8 Å². The average molecular weight is 227 g/mol. The molecule has 2 rings (SSSR count). The molecule has 0 radical (unpaired) electrons. The van der Waals surface area contributed by atoms with Crippen LogP contribution in [0.25, 0.3) is 0 Å². The van der Waals surface area contributed by atoms with Crippen LogP contribution in [-0.4, -0.2) is 23.6 Å². The van der Waals surface area contributed by atoms with Crippen LogP contribution in [0, 0.1) is 5.92 Å². The predicted molar refractivity (Wildman–Crippen MR) is 69.5 cm³/mol.